The SMILES string of the molecule is CN(C)CCC1CCC(Nc2c(/C(N)=N/c3cc(F)ccc3Cl)cnn3cc(Br)cc23)C1. The second-order valence-corrected chi connectivity index (χ2v) is 9.95. The van der Waals surface area contributed by atoms with Crippen LogP contribution in [0.2, 0.25) is 5.02 Å². The van der Waals surface area contributed by atoms with Gasteiger partial charge in [-0.3, -0.25) is 0 Å². The molecule has 0 amide bonds. The Morgan fingerprint density at radius 3 is 2.97 bits per heavy atom. The van der Waals surface area contributed by atoms with E-state index < -0.39 is 5.82 Å². The first-order valence-electron chi connectivity index (χ1n) is 10.7. The Hall–Kier alpha value is -2.16. The number of halogens is 3. The second kappa shape index (κ2) is 9.77. The molecule has 32 heavy (non-hydrogen) atoms. The van der Waals surface area contributed by atoms with Crippen molar-refractivity contribution in [2.45, 2.75) is 31.7 Å². The van der Waals surface area contributed by atoms with Crippen molar-refractivity contribution in [3.05, 3.63) is 57.5 Å². The van der Waals surface area contributed by atoms with Crippen LogP contribution in [0.5, 0.6) is 0 Å². The molecule has 0 radical (unpaired) electrons. The Bertz CT molecular complexity index is 1140. The lowest BCUT2D eigenvalue weighted by molar-refractivity contribution is 0.351. The monoisotopic (exact) mass is 520 g/mol. The minimum absolute atomic E-state index is 0.231. The Labute approximate surface area is 200 Å². The molecule has 1 fully saturated rings. The Kier molecular flexibility index (Phi) is 7.02. The van der Waals surface area contributed by atoms with Gasteiger partial charge in [-0.2, -0.15) is 5.10 Å². The van der Waals surface area contributed by atoms with E-state index in [-0.39, 0.29) is 11.5 Å². The standard InChI is InChI=1S/C23H27BrClFN6/c1-31(2)8-7-14-3-5-17(9-14)29-22-18(12-28-32-13-15(24)10-21(22)32)23(27)30-20-11-16(26)4-6-19(20)25/h4,6,10-14,17,29H,3,5,7-9H2,1-2H3,(H2,27,30). The fourth-order valence-corrected chi connectivity index (χ4v) is 4.82. The largest absolute Gasteiger partial charge is 0.383 e. The third-order valence-corrected chi connectivity index (χ3v) is 6.66. The highest BCUT2D eigenvalue weighted by atomic mass is 79.9. The number of rotatable bonds is 7. The number of nitrogens with one attached hydrogen (secondary N) is 1. The summed E-state index contributed by atoms with van der Waals surface area (Å²) in [7, 11) is 4.23. The highest BCUT2D eigenvalue weighted by Crippen LogP contribution is 2.34. The number of hydrogen-bond donors (Lipinski definition) is 2. The topological polar surface area (TPSA) is 70.9 Å². The molecule has 0 aliphatic heterocycles. The van der Waals surface area contributed by atoms with Crippen LogP contribution in [0, 0.1) is 11.7 Å². The molecule has 1 aliphatic rings. The van der Waals surface area contributed by atoms with Crippen molar-refractivity contribution in [1.82, 2.24) is 14.5 Å². The lowest BCUT2D eigenvalue weighted by Crippen LogP contribution is -2.22. The second-order valence-electron chi connectivity index (χ2n) is 8.63. The predicted octanol–water partition coefficient (Wildman–Crippen LogP) is 5.46. The van der Waals surface area contributed by atoms with Gasteiger partial charge in [0.25, 0.3) is 0 Å². The van der Waals surface area contributed by atoms with Gasteiger partial charge < -0.3 is 16.0 Å². The fourth-order valence-electron chi connectivity index (χ4n) is 4.25. The molecule has 2 aromatic heterocycles. The summed E-state index contributed by atoms with van der Waals surface area (Å²) in [6, 6.07) is 6.38. The Balaban J connectivity index is 1.66. The van der Waals surface area contributed by atoms with Crippen LogP contribution < -0.4 is 11.1 Å². The molecule has 3 aromatic rings. The first-order chi connectivity index (χ1) is 15.3. The molecule has 2 unspecified atom stereocenters. The average molecular weight is 522 g/mol. The smallest absolute Gasteiger partial charge is 0.135 e. The molecule has 0 spiro atoms. The number of hydrogen-bond acceptors (Lipinski definition) is 4. The molecule has 1 saturated carbocycles. The highest BCUT2D eigenvalue weighted by molar-refractivity contribution is 9.10. The molecule has 2 heterocycles. The molecule has 1 aliphatic carbocycles. The number of nitrogens with zero attached hydrogens (tertiary/aromatic N) is 4. The van der Waals surface area contributed by atoms with E-state index in [9.17, 15) is 4.39 Å². The van der Waals surface area contributed by atoms with Gasteiger partial charge in [0.15, 0.2) is 0 Å². The summed E-state index contributed by atoms with van der Waals surface area (Å²) in [6.07, 6.45) is 8.19. The minimum Gasteiger partial charge on any atom is -0.383 e. The molecule has 1 aromatic carbocycles. The molecule has 2 atom stereocenters. The normalized spacial score (nSPS) is 19.2. The molecule has 170 valence electrons. The number of fused-ring (bicyclic) bond motifs is 1. The number of nitrogens with two attached hydrogens (primary N) is 1. The van der Waals surface area contributed by atoms with Crippen LogP contribution in [0.4, 0.5) is 15.8 Å². The molecule has 0 saturated heterocycles. The summed E-state index contributed by atoms with van der Waals surface area (Å²) in [4.78, 5) is 6.65. The van der Waals surface area contributed by atoms with Gasteiger partial charge in [-0.25, -0.2) is 13.9 Å². The van der Waals surface area contributed by atoms with Gasteiger partial charge in [-0.15, -0.1) is 0 Å². The first kappa shape index (κ1) is 23.0. The van der Waals surface area contributed by atoms with E-state index in [1.54, 1.807) is 10.7 Å². The number of anilines is 1. The van der Waals surface area contributed by atoms with E-state index >= 15 is 0 Å². The van der Waals surface area contributed by atoms with Crippen molar-refractivity contribution in [3.8, 4) is 0 Å². The quantitative estimate of drug-likeness (QED) is 0.320. The van der Waals surface area contributed by atoms with E-state index in [0.29, 0.717) is 22.5 Å². The zero-order chi connectivity index (χ0) is 22.8. The van der Waals surface area contributed by atoms with Gasteiger partial charge in [-0.05, 0) is 86.4 Å². The molecule has 0 bridgehead atoms. The zero-order valence-electron chi connectivity index (χ0n) is 18.2. The minimum atomic E-state index is -0.418. The number of aliphatic imine (C=N–C) groups is 1. The Morgan fingerprint density at radius 1 is 1.38 bits per heavy atom. The van der Waals surface area contributed by atoms with Crippen molar-refractivity contribution in [3.63, 3.8) is 0 Å². The summed E-state index contributed by atoms with van der Waals surface area (Å²) in [5, 5.41) is 8.53. The number of benzene rings is 1. The van der Waals surface area contributed by atoms with Crippen LogP contribution in [0.25, 0.3) is 5.52 Å². The average Bonchev–Trinajstić information content (AvgIpc) is 3.35. The fraction of sp³-hybridized carbons (Fsp3) is 0.391. The van der Waals surface area contributed by atoms with E-state index in [4.69, 9.17) is 17.3 Å². The molecular formula is C23H27BrClFN6. The predicted molar refractivity (Wildman–Crippen MR) is 133 cm³/mol. The van der Waals surface area contributed by atoms with Crippen LogP contribution in [-0.2, 0) is 0 Å². The van der Waals surface area contributed by atoms with Gasteiger partial charge >= 0.3 is 0 Å². The van der Waals surface area contributed by atoms with Crippen LogP contribution in [-0.4, -0.2) is 47.0 Å². The molecule has 6 nitrogen and oxygen atoms in total. The van der Waals surface area contributed by atoms with Crippen molar-refractivity contribution < 1.29 is 4.39 Å². The van der Waals surface area contributed by atoms with Gasteiger partial charge in [0, 0.05) is 22.8 Å². The van der Waals surface area contributed by atoms with E-state index in [0.717, 1.165) is 35.1 Å². The third kappa shape index (κ3) is 5.24. The number of amidine groups is 1. The zero-order valence-corrected chi connectivity index (χ0v) is 20.5. The Morgan fingerprint density at radius 2 is 2.19 bits per heavy atom. The number of aromatic nitrogens is 2. The van der Waals surface area contributed by atoms with Gasteiger partial charge in [-0.1, -0.05) is 11.6 Å². The molecular weight excluding hydrogens is 495 g/mol. The summed E-state index contributed by atoms with van der Waals surface area (Å²) < 4.78 is 16.4. The van der Waals surface area contributed by atoms with Crippen LogP contribution in [0.15, 0.2) is 46.1 Å². The maximum Gasteiger partial charge on any atom is 0.135 e. The molecule has 9 heteroatoms. The van der Waals surface area contributed by atoms with E-state index in [2.05, 4.69) is 50.3 Å². The van der Waals surface area contributed by atoms with Crippen LogP contribution in [0.1, 0.15) is 31.2 Å². The third-order valence-electron chi connectivity index (χ3n) is 5.90. The van der Waals surface area contributed by atoms with E-state index in [1.165, 1.54) is 31.0 Å². The first-order valence-corrected chi connectivity index (χ1v) is 11.8. The van der Waals surface area contributed by atoms with Crippen LogP contribution >= 0.6 is 27.5 Å². The van der Waals surface area contributed by atoms with Gasteiger partial charge in [0.2, 0.25) is 0 Å². The van der Waals surface area contributed by atoms with Crippen molar-refractivity contribution in [2.75, 3.05) is 26.0 Å². The highest BCUT2D eigenvalue weighted by Gasteiger charge is 2.26. The maximum absolute atomic E-state index is 13.7. The summed E-state index contributed by atoms with van der Waals surface area (Å²) in [6.45, 7) is 1.10. The summed E-state index contributed by atoms with van der Waals surface area (Å²) in [5.41, 5.74) is 9.12. The lowest BCUT2D eigenvalue weighted by Gasteiger charge is -2.19. The summed E-state index contributed by atoms with van der Waals surface area (Å²) >= 11 is 9.73. The van der Waals surface area contributed by atoms with Crippen LogP contribution in [0.3, 0.4) is 0 Å². The molecule has 4 rings (SSSR count). The van der Waals surface area contributed by atoms with E-state index in [1.807, 2.05) is 12.3 Å². The van der Waals surface area contributed by atoms with Crippen molar-refractivity contribution in [2.24, 2.45) is 16.6 Å². The van der Waals surface area contributed by atoms with Gasteiger partial charge in [0.05, 0.1) is 33.7 Å². The van der Waals surface area contributed by atoms with Gasteiger partial charge in [0.1, 0.15) is 11.7 Å². The molecule has 3 N–H and O–H groups in total. The maximum atomic E-state index is 13.7. The summed E-state index contributed by atoms with van der Waals surface area (Å²) in [5.74, 6) is 0.513. The van der Waals surface area contributed by atoms with Crippen molar-refractivity contribution >= 4 is 50.3 Å². The lowest BCUT2D eigenvalue weighted by atomic mass is 10.0. The van der Waals surface area contributed by atoms with Crippen molar-refractivity contribution in [1.29, 1.82) is 0 Å².